The number of aromatic amines is 1. The van der Waals surface area contributed by atoms with Gasteiger partial charge in [-0.1, -0.05) is 6.07 Å². The van der Waals surface area contributed by atoms with Crippen LogP contribution in [0.1, 0.15) is 12.5 Å². The van der Waals surface area contributed by atoms with Crippen molar-refractivity contribution in [2.45, 2.75) is 18.7 Å². The average Bonchev–Trinajstić information content (AvgIpc) is 2.74. The Hall–Kier alpha value is -3.93. The zero-order valence-electron chi connectivity index (χ0n) is 18.1. The maximum absolute atomic E-state index is 14.5. The Labute approximate surface area is 194 Å². The lowest BCUT2D eigenvalue weighted by molar-refractivity contribution is -0.160. The van der Waals surface area contributed by atoms with Crippen molar-refractivity contribution >= 4 is 17.4 Å². The number of carbonyl (C=O) groups excluding carboxylic acids is 1. The van der Waals surface area contributed by atoms with Crippen LogP contribution in [0.3, 0.4) is 0 Å². The minimum absolute atomic E-state index is 0.0659. The molecule has 0 unspecified atom stereocenters. The van der Waals surface area contributed by atoms with E-state index in [1.54, 1.807) is 6.92 Å². The smallest absolute Gasteiger partial charge is 0.420 e. The second kappa shape index (κ2) is 9.02. The summed E-state index contributed by atoms with van der Waals surface area (Å²) >= 11 is 0. The number of hydrogen-bond acceptors (Lipinski definition) is 4. The third-order valence-corrected chi connectivity index (χ3v) is 5.12. The van der Waals surface area contributed by atoms with Gasteiger partial charge >= 0.3 is 12.2 Å². The van der Waals surface area contributed by atoms with E-state index in [4.69, 9.17) is 9.47 Å². The van der Waals surface area contributed by atoms with Crippen LogP contribution >= 0.6 is 0 Å². The van der Waals surface area contributed by atoms with Crippen molar-refractivity contribution in [2.24, 2.45) is 0 Å². The number of urea groups is 1. The van der Waals surface area contributed by atoms with Crippen LogP contribution in [0.4, 0.5) is 38.1 Å². The molecule has 0 saturated carbocycles. The number of ether oxygens (including phenoxy) is 2. The number of carbonyl (C=O) groups is 1. The highest BCUT2D eigenvalue weighted by molar-refractivity contribution is 6.00. The first-order chi connectivity index (χ1) is 16.4. The molecule has 12 heteroatoms. The van der Waals surface area contributed by atoms with Crippen LogP contribution in [-0.2, 0) is 10.9 Å². The summed E-state index contributed by atoms with van der Waals surface area (Å²) in [5.74, 6) is -2.21. The fourth-order valence-electron chi connectivity index (χ4n) is 3.37. The lowest BCUT2D eigenvalue weighted by atomic mass is 10.0. The third kappa shape index (κ3) is 5.43. The van der Waals surface area contributed by atoms with Gasteiger partial charge < -0.3 is 25.1 Å². The Bertz CT molecular complexity index is 1340. The summed E-state index contributed by atoms with van der Waals surface area (Å²) in [6, 6.07) is 6.08. The highest BCUT2D eigenvalue weighted by Crippen LogP contribution is 2.40. The number of hydrogen-bond donors (Lipinski definition) is 3. The Balaban J connectivity index is 1.49. The van der Waals surface area contributed by atoms with Crippen molar-refractivity contribution in [2.75, 3.05) is 23.8 Å². The molecule has 3 aromatic rings. The van der Waals surface area contributed by atoms with Gasteiger partial charge in [0.2, 0.25) is 0 Å². The molecule has 35 heavy (non-hydrogen) atoms. The Morgan fingerprint density at radius 1 is 1.06 bits per heavy atom. The van der Waals surface area contributed by atoms with Gasteiger partial charge in [0.1, 0.15) is 17.4 Å². The summed E-state index contributed by atoms with van der Waals surface area (Å²) in [6.07, 6.45) is -3.68. The summed E-state index contributed by atoms with van der Waals surface area (Å²) in [5, 5.41) is 4.40. The predicted molar refractivity (Wildman–Crippen MR) is 116 cm³/mol. The van der Waals surface area contributed by atoms with Crippen LogP contribution in [-0.4, -0.2) is 29.8 Å². The molecule has 0 spiro atoms. The zero-order chi connectivity index (χ0) is 25.4. The maximum atomic E-state index is 14.5. The molecule has 2 heterocycles. The first kappa shape index (κ1) is 24.2. The first-order valence-electron chi connectivity index (χ1n) is 10.2. The van der Waals surface area contributed by atoms with E-state index in [9.17, 15) is 31.5 Å². The largest absolute Gasteiger partial charge is 0.482 e. The monoisotopic (exact) mass is 495 g/mol. The zero-order valence-corrected chi connectivity index (χ0v) is 18.1. The second-order valence-corrected chi connectivity index (χ2v) is 8.09. The normalized spacial score (nSPS) is 14.7. The molecule has 3 N–H and O–H groups in total. The van der Waals surface area contributed by atoms with E-state index in [0.29, 0.717) is 12.1 Å². The van der Waals surface area contributed by atoms with E-state index in [1.807, 2.05) is 0 Å². The molecule has 1 saturated heterocycles. The van der Waals surface area contributed by atoms with Gasteiger partial charge in [-0.3, -0.25) is 4.79 Å². The lowest BCUT2D eigenvalue weighted by Gasteiger charge is -2.38. The van der Waals surface area contributed by atoms with Gasteiger partial charge in [-0.25, -0.2) is 13.6 Å². The number of aromatic nitrogens is 1. The van der Waals surface area contributed by atoms with Gasteiger partial charge in [0, 0.05) is 23.5 Å². The Morgan fingerprint density at radius 3 is 2.40 bits per heavy atom. The van der Waals surface area contributed by atoms with Crippen molar-refractivity contribution in [3.8, 4) is 16.9 Å². The topological polar surface area (TPSA) is 92.5 Å². The fraction of sp³-hybridized carbons (Fsp3) is 0.217. The molecule has 1 aliphatic rings. The summed E-state index contributed by atoms with van der Waals surface area (Å²) in [5.41, 5.74) is -3.12. The van der Waals surface area contributed by atoms with Gasteiger partial charge in [0.05, 0.1) is 24.5 Å². The molecule has 0 atom stereocenters. The number of halogens is 5. The van der Waals surface area contributed by atoms with Gasteiger partial charge in [-0.15, -0.1) is 0 Å². The minimum Gasteiger partial charge on any atom is -0.482 e. The summed E-state index contributed by atoms with van der Waals surface area (Å²) in [6.45, 7) is 1.90. The van der Waals surface area contributed by atoms with E-state index in [0.717, 1.165) is 24.4 Å². The molecule has 4 rings (SSSR count). The van der Waals surface area contributed by atoms with Gasteiger partial charge in [0.25, 0.3) is 5.56 Å². The summed E-state index contributed by atoms with van der Waals surface area (Å²) in [7, 11) is 0. The molecule has 2 aromatic carbocycles. The highest BCUT2D eigenvalue weighted by atomic mass is 19.4. The quantitative estimate of drug-likeness (QED) is 0.427. The Morgan fingerprint density at radius 2 is 1.80 bits per heavy atom. The van der Waals surface area contributed by atoms with Crippen molar-refractivity contribution < 1.29 is 36.2 Å². The average molecular weight is 495 g/mol. The first-order valence-corrected chi connectivity index (χ1v) is 10.2. The van der Waals surface area contributed by atoms with Crippen molar-refractivity contribution in [3.63, 3.8) is 0 Å². The maximum Gasteiger partial charge on any atom is 0.420 e. The van der Waals surface area contributed by atoms with Crippen LogP contribution in [0.2, 0.25) is 0 Å². The number of rotatable bonds is 5. The third-order valence-electron chi connectivity index (χ3n) is 5.12. The van der Waals surface area contributed by atoms with Crippen LogP contribution in [0.25, 0.3) is 11.1 Å². The van der Waals surface area contributed by atoms with E-state index in [-0.39, 0.29) is 35.7 Å². The van der Waals surface area contributed by atoms with Gasteiger partial charge in [0.15, 0.2) is 5.60 Å². The number of H-pyrrole nitrogens is 1. The molecule has 1 fully saturated rings. The van der Waals surface area contributed by atoms with E-state index in [1.165, 1.54) is 12.1 Å². The van der Waals surface area contributed by atoms with Crippen molar-refractivity contribution in [1.29, 1.82) is 0 Å². The molecule has 1 aromatic heterocycles. The molecule has 0 bridgehead atoms. The summed E-state index contributed by atoms with van der Waals surface area (Å²) in [4.78, 5) is 25.7. The minimum atomic E-state index is -4.76. The molecule has 184 valence electrons. The Kier molecular flexibility index (Phi) is 6.24. The van der Waals surface area contributed by atoms with Gasteiger partial charge in [-0.05, 0) is 42.8 Å². The number of pyridine rings is 1. The van der Waals surface area contributed by atoms with Crippen molar-refractivity contribution in [3.05, 3.63) is 76.2 Å². The summed E-state index contributed by atoms with van der Waals surface area (Å²) < 4.78 is 79.6. The fourth-order valence-corrected chi connectivity index (χ4v) is 3.37. The van der Waals surface area contributed by atoms with Crippen LogP contribution in [0.15, 0.2) is 53.5 Å². The molecule has 0 aliphatic carbocycles. The highest BCUT2D eigenvalue weighted by Gasteiger charge is 2.40. The number of nitrogens with one attached hydrogen (secondary N) is 3. The molecule has 1 aliphatic heterocycles. The van der Waals surface area contributed by atoms with Crippen LogP contribution in [0.5, 0.6) is 5.75 Å². The molecular weight excluding hydrogens is 477 g/mol. The van der Waals surface area contributed by atoms with E-state index >= 15 is 0 Å². The SMILES string of the molecule is CC1(Oc2ccc(NC(=O)Nc3ccc(-c4c[nH]c(=O)cc4F)cc3F)cc2C(F)(F)F)COC1. The van der Waals surface area contributed by atoms with E-state index in [2.05, 4.69) is 15.6 Å². The number of anilines is 2. The number of alkyl halides is 3. The standard InChI is InChI=1S/C23H18F5N3O4/c1-22(10-34-11-22)35-19-5-3-13(7-15(19)23(26,27)28)30-21(33)31-18-4-2-12(6-17(18)25)14-9-29-20(32)8-16(14)24/h2-9H,10-11H2,1H3,(H,29,32)(H2,30,31,33). The van der Waals surface area contributed by atoms with Crippen molar-refractivity contribution in [1.82, 2.24) is 4.98 Å². The number of benzene rings is 2. The number of amides is 2. The van der Waals surface area contributed by atoms with Crippen LogP contribution in [0, 0.1) is 11.6 Å². The molecule has 0 radical (unpaired) electrons. The molecular formula is C23H18F5N3O4. The van der Waals surface area contributed by atoms with Crippen LogP contribution < -0.4 is 20.9 Å². The van der Waals surface area contributed by atoms with Gasteiger partial charge in [-0.2, -0.15) is 13.2 Å². The predicted octanol–water partition coefficient (Wildman–Crippen LogP) is 5.15. The molecule has 7 nitrogen and oxygen atoms in total. The second-order valence-electron chi connectivity index (χ2n) is 8.09. The molecule has 2 amide bonds. The van der Waals surface area contributed by atoms with E-state index < -0.39 is 46.3 Å². The lowest BCUT2D eigenvalue weighted by Crippen LogP contribution is -2.51.